The number of hydrogen-bond acceptors (Lipinski definition) is 6. The molecule has 0 bridgehead atoms. The number of benzene rings is 1. The fourth-order valence-corrected chi connectivity index (χ4v) is 3.46. The number of primary amides is 1. The van der Waals surface area contributed by atoms with Gasteiger partial charge >= 0.3 is 6.01 Å². The summed E-state index contributed by atoms with van der Waals surface area (Å²) in [5, 5.41) is 9.46. The van der Waals surface area contributed by atoms with Crippen LogP contribution in [0.15, 0.2) is 18.3 Å². The van der Waals surface area contributed by atoms with E-state index in [1.807, 2.05) is 16.8 Å². The lowest BCUT2D eigenvalue weighted by atomic mass is 9.98. The molecule has 0 spiro atoms. The van der Waals surface area contributed by atoms with Gasteiger partial charge in [0.05, 0.1) is 12.6 Å². The summed E-state index contributed by atoms with van der Waals surface area (Å²) in [6.07, 6.45) is 3.87. The van der Waals surface area contributed by atoms with Crippen molar-refractivity contribution in [3.05, 3.63) is 24.0 Å². The third-order valence-corrected chi connectivity index (χ3v) is 4.74. The largest absolute Gasteiger partial charge is 0.467 e. The van der Waals surface area contributed by atoms with Crippen LogP contribution in [0, 0.1) is 5.92 Å². The Kier molecular flexibility index (Phi) is 5.24. The van der Waals surface area contributed by atoms with Crippen LogP contribution in [-0.4, -0.2) is 45.9 Å². The summed E-state index contributed by atoms with van der Waals surface area (Å²) < 4.78 is 7.04. The van der Waals surface area contributed by atoms with Crippen molar-refractivity contribution >= 4 is 40.1 Å². The Morgan fingerprint density at radius 1 is 1.38 bits per heavy atom. The number of nitrogens with zero attached hydrogens (tertiary/aromatic N) is 4. The molecule has 0 radical (unpaired) electrons. The Morgan fingerprint density at radius 2 is 2.15 bits per heavy atom. The smallest absolute Gasteiger partial charge is 0.316 e. The van der Waals surface area contributed by atoms with Crippen molar-refractivity contribution in [2.75, 3.05) is 20.2 Å². The predicted molar refractivity (Wildman–Crippen MR) is 101 cm³/mol. The maximum Gasteiger partial charge on any atom is 0.316 e. The molecule has 1 aliphatic heterocycles. The molecule has 8 nitrogen and oxygen atoms in total. The lowest BCUT2D eigenvalue weighted by Crippen LogP contribution is -2.30. The molecule has 3 aromatic rings. The van der Waals surface area contributed by atoms with Crippen molar-refractivity contribution < 1.29 is 9.53 Å². The first-order chi connectivity index (χ1) is 12.2. The number of hydrogen-bond donors (Lipinski definition) is 2. The zero-order valence-corrected chi connectivity index (χ0v) is 15.3. The highest BCUT2D eigenvalue weighted by Gasteiger charge is 2.21. The molecule has 0 atom stereocenters. The Hall–Kier alpha value is -2.45. The van der Waals surface area contributed by atoms with Gasteiger partial charge in [-0.15, -0.1) is 12.4 Å². The second-order valence-electron chi connectivity index (χ2n) is 6.34. The van der Waals surface area contributed by atoms with Crippen LogP contribution in [0.3, 0.4) is 0 Å². The van der Waals surface area contributed by atoms with Crippen LogP contribution < -0.4 is 15.8 Å². The molecule has 1 fully saturated rings. The van der Waals surface area contributed by atoms with E-state index in [1.54, 1.807) is 6.20 Å². The Labute approximate surface area is 156 Å². The Bertz CT molecular complexity index is 951. The van der Waals surface area contributed by atoms with E-state index in [-0.39, 0.29) is 24.1 Å². The van der Waals surface area contributed by atoms with Crippen LogP contribution in [0.4, 0.5) is 0 Å². The van der Waals surface area contributed by atoms with Gasteiger partial charge in [-0.25, -0.2) is 4.98 Å². The number of aromatic nitrogens is 4. The quantitative estimate of drug-likeness (QED) is 0.714. The van der Waals surface area contributed by atoms with Crippen LogP contribution in [0.1, 0.15) is 23.3 Å². The summed E-state index contributed by atoms with van der Waals surface area (Å²) in [5.74, 6) is -0.0292. The van der Waals surface area contributed by atoms with Crippen LogP contribution in [0.2, 0.25) is 0 Å². The van der Waals surface area contributed by atoms with Gasteiger partial charge in [0, 0.05) is 23.5 Å². The molecular formula is C17H21ClN6O2. The van der Waals surface area contributed by atoms with Crippen LogP contribution in [-0.2, 0) is 6.54 Å². The molecule has 1 amide bonds. The number of fused-ring (bicyclic) bond motifs is 3. The molecule has 0 saturated carbocycles. The van der Waals surface area contributed by atoms with Gasteiger partial charge < -0.3 is 15.8 Å². The number of amides is 1. The second-order valence-corrected chi connectivity index (χ2v) is 6.34. The normalized spacial score (nSPS) is 15.1. The minimum absolute atomic E-state index is 0. The van der Waals surface area contributed by atoms with Crippen molar-refractivity contribution in [3.8, 4) is 6.01 Å². The van der Waals surface area contributed by atoms with Gasteiger partial charge in [0.2, 0.25) is 0 Å². The Balaban J connectivity index is 0.00000196. The van der Waals surface area contributed by atoms with E-state index in [1.165, 1.54) is 7.11 Å². The number of ether oxygens (including phenoxy) is 1. The zero-order chi connectivity index (χ0) is 17.4. The molecule has 138 valence electrons. The number of halogens is 1. The summed E-state index contributed by atoms with van der Waals surface area (Å²) in [7, 11) is 1.53. The fraction of sp³-hybridized carbons (Fsp3) is 0.412. The second kappa shape index (κ2) is 7.43. The van der Waals surface area contributed by atoms with Gasteiger partial charge in [-0.2, -0.15) is 10.1 Å². The third kappa shape index (κ3) is 3.17. The van der Waals surface area contributed by atoms with Crippen molar-refractivity contribution in [3.63, 3.8) is 0 Å². The van der Waals surface area contributed by atoms with Gasteiger partial charge in [0.15, 0.2) is 5.69 Å². The SMILES string of the molecule is COc1ncc2ccc3c(C(N)=O)nn(CC4CCNCC4)c3c2n1.Cl. The lowest BCUT2D eigenvalue weighted by molar-refractivity contribution is 0.0996. The number of methoxy groups -OCH3 is 1. The molecule has 1 saturated heterocycles. The molecule has 1 aliphatic rings. The zero-order valence-electron chi connectivity index (χ0n) is 14.4. The number of nitrogens with one attached hydrogen (secondary N) is 1. The average Bonchev–Trinajstić information content (AvgIpc) is 3.01. The molecule has 0 aliphatic carbocycles. The molecule has 26 heavy (non-hydrogen) atoms. The first kappa shape index (κ1) is 18.3. The van der Waals surface area contributed by atoms with E-state index in [2.05, 4.69) is 20.4 Å². The summed E-state index contributed by atoms with van der Waals surface area (Å²) in [6, 6.07) is 4.02. The van der Waals surface area contributed by atoms with Crippen molar-refractivity contribution in [2.24, 2.45) is 11.7 Å². The molecule has 3 N–H and O–H groups in total. The predicted octanol–water partition coefficient (Wildman–Crippen LogP) is 1.51. The topological polar surface area (TPSA) is 108 Å². The maximum absolute atomic E-state index is 11.9. The highest BCUT2D eigenvalue weighted by molar-refractivity contribution is 6.11. The molecule has 9 heteroatoms. The standard InChI is InChI=1S/C17H20N6O2.ClH/c1-25-17-20-8-11-2-3-12-14(16(18)24)22-23(15(12)13(11)21-17)9-10-4-6-19-7-5-10;/h2-3,8,10,19H,4-7,9H2,1H3,(H2,18,24);1H. The van der Waals surface area contributed by atoms with E-state index < -0.39 is 5.91 Å². The Morgan fingerprint density at radius 3 is 2.85 bits per heavy atom. The van der Waals surface area contributed by atoms with Gasteiger partial charge in [0.25, 0.3) is 5.91 Å². The van der Waals surface area contributed by atoms with Gasteiger partial charge in [0.1, 0.15) is 5.52 Å². The first-order valence-corrected chi connectivity index (χ1v) is 8.38. The lowest BCUT2D eigenvalue weighted by Gasteiger charge is -2.22. The fourth-order valence-electron chi connectivity index (χ4n) is 3.46. The minimum atomic E-state index is -0.533. The van der Waals surface area contributed by atoms with E-state index in [9.17, 15) is 4.79 Å². The monoisotopic (exact) mass is 376 g/mol. The van der Waals surface area contributed by atoms with Crippen molar-refractivity contribution in [2.45, 2.75) is 19.4 Å². The van der Waals surface area contributed by atoms with E-state index >= 15 is 0 Å². The summed E-state index contributed by atoms with van der Waals surface area (Å²) >= 11 is 0. The molecular weight excluding hydrogens is 356 g/mol. The number of rotatable bonds is 4. The van der Waals surface area contributed by atoms with E-state index in [4.69, 9.17) is 10.5 Å². The summed E-state index contributed by atoms with van der Waals surface area (Å²) in [4.78, 5) is 20.5. The molecule has 1 aromatic carbocycles. The van der Waals surface area contributed by atoms with E-state index in [0.29, 0.717) is 5.92 Å². The molecule has 2 aromatic heterocycles. The van der Waals surface area contributed by atoms with Gasteiger partial charge in [-0.1, -0.05) is 6.07 Å². The van der Waals surface area contributed by atoms with Crippen molar-refractivity contribution in [1.82, 2.24) is 25.1 Å². The summed E-state index contributed by atoms with van der Waals surface area (Å²) in [5.41, 5.74) is 7.36. The minimum Gasteiger partial charge on any atom is -0.467 e. The van der Waals surface area contributed by atoms with Gasteiger partial charge in [-0.3, -0.25) is 9.48 Å². The molecule has 4 rings (SSSR count). The van der Waals surface area contributed by atoms with Crippen LogP contribution in [0.5, 0.6) is 6.01 Å². The highest BCUT2D eigenvalue weighted by atomic mass is 35.5. The van der Waals surface area contributed by atoms with E-state index in [0.717, 1.165) is 54.3 Å². The number of piperidine rings is 1. The average molecular weight is 377 g/mol. The third-order valence-electron chi connectivity index (χ3n) is 4.74. The summed E-state index contributed by atoms with van der Waals surface area (Å²) in [6.45, 7) is 2.74. The van der Waals surface area contributed by atoms with Gasteiger partial charge in [-0.05, 0) is 37.9 Å². The number of nitrogens with two attached hydrogens (primary N) is 1. The first-order valence-electron chi connectivity index (χ1n) is 8.38. The molecule has 3 heterocycles. The maximum atomic E-state index is 11.9. The highest BCUT2D eigenvalue weighted by Crippen LogP contribution is 2.28. The number of carbonyl (C=O) groups excluding carboxylic acids is 1. The van der Waals surface area contributed by atoms with Crippen LogP contribution >= 0.6 is 12.4 Å². The van der Waals surface area contributed by atoms with Crippen LogP contribution in [0.25, 0.3) is 21.8 Å². The molecule has 0 unspecified atom stereocenters. The number of carbonyl (C=O) groups is 1. The van der Waals surface area contributed by atoms with Crippen molar-refractivity contribution in [1.29, 1.82) is 0 Å².